The van der Waals surface area contributed by atoms with Gasteiger partial charge in [-0.1, -0.05) is 12.1 Å². The van der Waals surface area contributed by atoms with Gasteiger partial charge in [-0.15, -0.1) is 15.0 Å². The van der Waals surface area contributed by atoms with Gasteiger partial charge in [0.2, 0.25) is 0 Å². The number of methoxy groups -OCH3 is 1. The minimum absolute atomic E-state index is 0.0000636. The molecule has 10 nitrogen and oxygen atoms in total. The quantitative estimate of drug-likeness (QED) is 0.397. The van der Waals surface area contributed by atoms with Crippen molar-refractivity contribution in [1.29, 1.82) is 0 Å². The van der Waals surface area contributed by atoms with Crippen LogP contribution in [0.4, 0.5) is 5.69 Å². The first-order valence-electron chi connectivity index (χ1n) is 9.57. The molecule has 0 aliphatic carbocycles. The summed E-state index contributed by atoms with van der Waals surface area (Å²) in [6.07, 6.45) is 0. The second kappa shape index (κ2) is 8.07. The molecule has 2 heterocycles. The predicted molar refractivity (Wildman–Crippen MR) is 112 cm³/mol. The van der Waals surface area contributed by atoms with E-state index in [4.69, 9.17) is 4.74 Å². The Hall–Kier alpha value is -3.92. The lowest BCUT2D eigenvalue weighted by Crippen LogP contribution is -2.31. The number of nitrogens with one attached hydrogen (secondary N) is 1. The molecule has 3 N–H and O–H groups in total. The molecule has 160 valence electrons. The first-order valence-corrected chi connectivity index (χ1v) is 9.57. The number of ether oxygens (including phenoxy) is 1. The number of fused-ring (bicyclic) bond motifs is 1. The van der Waals surface area contributed by atoms with Gasteiger partial charge in [0.05, 0.1) is 31.5 Å². The summed E-state index contributed by atoms with van der Waals surface area (Å²) in [6.45, 7) is 1.65. The Morgan fingerprint density at radius 1 is 1.23 bits per heavy atom. The van der Waals surface area contributed by atoms with Crippen LogP contribution in [-0.2, 0) is 14.3 Å². The fraction of sp³-hybridized carbons (Fsp3) is 0.238. The zero-order valence-corrected chi connectivity index (χ0v) is 17.0. The van der Waals surface area contributed by atoms with E-state index in [2.05, 4.69) is 15.5 Å². The Morgan fingerprint density at radius 2 is 1.90 bits per heavy atom. The molecule has 0 unspecified atom stereocenters. The first-order chi connectivity index (χ1) is 14.9. The van der Waals surface area contributed by atoms with Crippen molar-refractivity contribution in [3.63, 3.8) is 0 Å². The topological polar surface area (TPSA) is 130 Å². The third-order valence-corrected chi connectivity index (χ3v) is 4.95. The second-order valence-electron chi connectivity index (χ2n) is 7.08. The van der Waals surface area contributed by atoms with Crippen LogP contribution < -0.4 is 5.32 Å². The number of hydrogen-bond donors (Lipinski definition) is 3. The number of β-amino-alcohol motifs (C(OH)–C–C–N with tert-alkyl or cyclic N) is 1. The third-order valence-electron chi connectivity index (χ3n) is 4.95. The summed E-state index contributed by atoms with van der Waals surface area (Å²) in [6, 6.07) is 10.7. The van der Waals surface area contributed by atoms with Crippen LogP contribution >= 0.6 is 0 Å². The van der Waals surface area contributed by atoms with E-state index in [-0.39, 0.29) is 42.4 Å². The minimum Gasteiger partial charge on any atom is -0.504 e. The SMILES string of the molecule is COC(=O)C1=C(Nc2cc(C)cc(-n3nc4ccccc4n3)c2O)C(=O)N(CCO)C1. The number of carbonyl (C=O) groups is 2. The average Bonchev–Trinajstić information content (AvgIpc) is 3.32. The van der Waals surface area contributed by atoms with Gasteiger partial charge in [0.15, 0.2) is 5.75 Å². The molecule has 0 bridgehead atoms. The minimum atomic E-state index is -0.663. The smallest absolute Gasteiger partial charge is 0.337 e. The number of phenolic OH excluding ortho intramolecular Hbond substituents is 1. The molecular weight excluding hydrogens is 402 g/mol. The number of nitrogens with zero attached hydrogens (tertiary/aromatic N) is 4. The normalized spacial score (nSPS) is 13.9. The van der Waals surface area contributed by atoms with Crippen LogP contribution in [0.3, 0.4) is 0 Å². The number of esters is 1. The Bertz CT molecular complexity index is 1180. The van der Waals surface area contributed by atoms with Crippen molar-refractivity contribution >= 4 is 28.6 Å². The Balaban J connectivity index is 1.76. The number of carbonyl (C=O) groups excluding carboxylic acids is 2. The van der Waals surface area contributed by atoms with Crippen LogP contribution in [0.1, 0.15) is 5.56 Å². The fourth-order valence-corrected chi connectivity index (χ4v) is 3.46. The number of benzene rings is 2. The van der Waals surface area contributed by atoms with Crippen LogP contribution in [0, 0.1) is 6.92 Å². The van der Waals surface area contributed by atoms with Crippen LogP contribution in [0.2, 0.25) is 0 Å². The molecule has 0 saturated carbocycles. The maximum atomic E-state index is 12.8. The lowest BCUT2D eigenvalue weighted by Gasteiger charge is -2.16. The van der Waals surface area contributed by atoms with Gasteiger partial charge in [0.25, 0.3) is 5.91 Å². The maximum Gasteiger partial charge on any atom is 0.337 e. The van der Waals surface area contributed by atoms with E-state index in [0.717, 1.165) is 5.56 Å². The molecule has 0 spiro atoms. The van der Waals surface area contributed by atoms with E-state index in [9.17, 15) is 19.8 Å². The summed E-state index contributed by atoms with van der Waals surface area (Å²) < 4.78 is 4.79. The number of amides is 1. The summed E-state index contributed by atoms with van der Waals surface area (Å²) in [5.74, 6) is -1.32. The standard InChI is InChI=1S/C21H21N5O5/c1-12-9-16(22-18-13(21(30)31-2)11-25(7-8-27)20(18)29)19(28)17(10-12)26-23-14-5-3-4-6-15(14)24-26/h3-6,9-10,22,27-28H,7-8,11H2,1-2H3. The molecule has 1 aromatic heterocycles. The zero-order chi connectivity index (χ0) is 22.1. The van der Waals surface area contributed by atoms with Crippen molar-refractivity contribution in [2.75, 3.05) is 32.1 Å². The molecule has 0 radical (unpaired) electrons. The molecule has 4 rings (SSSR count). The monoisotopic (exact) mass is 423 g/mol. The van der Waals surface area contributed by atoms with Crippen LogP contribution in [0.25, 0.3) is 16.7 Å². The van der Waals surface area contributed by atoms with Crippen LogP contribution in [0.5, 0.6) is 5.75 Å². The van der Waals surface area contributed by atoms with Gasteiger partial charge < -0.3 is 25.2 Å². The Morgan fingerprint density at radius 3 is 2.52 bits per heavy atom. The first kappa shape index (κ1) is 20.4. The number of aromatic hydroxyl groups is 1. The molecular formula is C21H21N5O5. The van der Waals surface area contributed by atoms with Gasteiger partial charge in [0.1, 0.15) is 22.4 Å². The molecule has 1 aliphatic heterocycles. The van der Waals surface area contributed by atoms with Gasteiger partial charge in [-0.25, -0.2) is 4.79 Å². The highest BCUT2D eigenvalue weighted by Gasteiger charge is 2.35. The van der Waals surface area contributed by atoms with E-state index < -0.39 is 11.9 Å². The van der Waals surface area contributed by atoms with Crippen molar-refractivity contribution in [3.8, 4) is 11.4 Å². The van der Waals surface area contributed by atoms with Crippen LogP contribution in [-0.4, -0.2) is 68.8 Å². The molecule has 0 fully saturated rings. The molecule has 2 aromatic carbocycles. The molecule has 0 atom stereocenters. The summed E-state index contributed by atoms with van der Waals surface area (Å²) in [5, 5.41) is 31.8. The number of aliphatic hydroxyl groups is 1. The molecule has 10 heteroatoms. The van der Waals surface area contributed by atoms with Crippen molar-refractivity contribution in [2.24, 2.45) is 0 Å². The Kier molecular flexibility index (Phi) is 5.30. The fourth-order valence-electron chi connectivity index (χ4n) is 3.46. The molecule has 3 aromatic rings. The molecule has 0 saturated heterocycles. The number of phenols is 1. The van der Waals surface area contributed by atoms with E-state index in [1.54, 1.807) is 12.1 Å². The summed E-state index contributed by atoms with van der Waals surface area (Å²) in [5.41, 5.74) is 2.74. The number of aromatic nitrogens is 3. The zero-order valence-electron chi connectivity index (χ0n) is 17.0. The van der Waals surface area contributed by atoms with Gasteiger partial charge in [-0.3, -0.25) is 4.79 Å². The van der Waals surface area contributed by atoms with Gasteiger partial charge >= 0.3 is 5.97 Å². The molecule has 1 aliphatic rings. The highest BCUT2D eigenvalue weighted by atomic mass is 16.5. The van der Waals surface area contributed by atoms with E-state index in [0.29, 0.717) is 16.7 Å². The van der Waals surface area contributed by atoms with Crippen molar-refractivity contribution in [3.05, 3.63) is 53.2 Å². The van der Waals surface area contributed by atoms with Crippen molar-refractivity contribution in [1.82, 2.24) is 19.9 Å². The highest BCUT2D eigenvalue weighted by molar-refractivity contribution is 6.08. The third kappa shape index (κ3) is 3.68. The summed E-state index contributed by atoms with van der Waals surface area (Å²) in [4.78, 5) is 27.6. The lowest BCUT2D eigenvalue weighted by molar-refractivity contribution is -0.136. The largest absolute Gasteiger partial charge is 0.504 e. The van der Waals surface area contributed by atoms with E-state index in [1.807, 2.05) is 31.2 Å². The number of hydrogen-bond acceptors (Lipinski definition) is 8. The molecule has 31 heavy (non-hydrogen) atoms. The molecule has 1 amide bonds. The predicted octanol–water partition coefficient (Wildman–Crippen LogP) is 1.11. The summed E-state index contributed by atoms with van der Waals surface area (Å²) >= 11 is 0. The van der Waals surface area contributed by atoms with Gasteiger partial charge in [-0.2, -0.15) is 0 Å². The number of anilines is 1. The highest BCUT2D eigenvalue weighted by Crippen LogP contribution is 2.34. The van der Waals surface area contributed by atoms with E-state index in [1.165, 1.54) is 16.8 Å². The van der Waals surface area contributed by atoms with Gasteiger partial charge in [0, 0.05) is 6.54 Å². The number of rotatable bonds is 6. The number of aliphatic hydroxyl groups excluding tert-OH is 1. The van der Waals surface area contributed by atoms with Crippen molar-refractivity contribution in [2.45, 2.75) is 6.92 Å². The lowest BCUT2D eigenvalue weighted by atomic mass is 10.1. The Labute approximate surface area is 177 Å². The number of aryl methyl sites for hydroxylation is 1. The summed E-state index contributed by atoms with van der Waals surface area (Å²) in [7, 11) is 1.22. The average molecular weight is 423 g/mol. The van der Waals surface area contributed by atoms with Gasteiger partial charge in [-0.05, 0) is 36.8 Å². The van der Waals surface area contributed by atoms with E-state index >= 15 is 0 Å². The van der Waals surface area contributed by atoms with Crippen LogP contribution in [0.15, 0.2) is 47.7 Å². The maximum absolute atomic E-state index is 12.8. The van der Waals surface area contributed by atoms with Crippen molar-refractivity contribution < 1.29 is 24.5 Å². The second-order valence-corrected chi connectivity index (χ2v) is 7.08.